The number of carbonyl (C=O) groups is 3. The number of hydrogen-bond donors (Lipinski definition) is 11. The Morgan fingerprint density at radius 1 is 0.376 bits per heavy atom. The van der Waals surface area contributed by atoms with E-state index in [1.807, 2.05) is 0 Å². The monoisotopic (exact) mass is 1470 g/mol. The molecule has 101 heavy (non-hydrogen) atoms. The number of phosphoric acid groups is 1. The summed E-state index contributed by atoms with van der Waals surface area (Å²) >= 11 is 0. The molecule has 24 nitrogen and oxygen atoms in total. The Balaban J connectivity index is 1.70. The predicted octanol–water partition coefficient (Wildman–Crippen LogP) is 11.9. The number of phosphoric ester groups is 1. The van der Waals surface area contributed by atoms with E-state index in [-0.39, 0.29) is 19.3 Å². The van der Waals surface area contributed by atoms with E-state index in [2.05, 4.69) is 32.9 Å². The summed E-state index contributed by atoms with van der Waals surface area (Å²) in [6, 6.07) is 0. The number of unbranched alkanes of at least 4 members (excludes halogenated alkanes) is 40. The van der Waals surface area contributed by atoms with E-state index in [1.54, 1.807) is 0 Å². The first-order valence-corrected chi connectivity index (χ1v) is 41.5. The maximum Gasteiger partial charge on any atom is 0.472 e. The van der Waals surface area contributed by atoms with Gasteiger partial charge in [0.05, 0.1) is 13.2 Å². The number of carbonyl (C=O) groups excluding carboxylic acids is 3. The molecule has 0 aromatic heterocycles. The lowest BCUT2D eigenvalue weighted by Gasteiger charge is -2.49. The van der Waals surface area contributed by atoms with Crippen molar-refractivity contribution in [2.45, 2.75) is 427 Å². The lowest BCUT2D eigenvalue weighted by molar-refractivity contribution is -0.360. The van der Waals surface area contributed by atoms with Crippen LogP contribution in [0.4, 0.5) is 0 Å². The van der Waals surface area contributed by atoms with Crippen molar-refractivity contribution in [1.82, 2.24) is 0 Å². The van der Waals surface area contributed by atoms with Crippen molar-refractivity contribution < 1.29 is 117 Å². The normalized spacial score (nSPS) is 27.2. The summed E-state index contributed by atoms with van der Waals surface area (Å²) in [5, 5.41) is 110. The first kappa shape index (κ1) is 92.9. The van der Waals surface area contributed by atoms with E-state index >= 15 is 0 Å². The minimum Gasteiger partial charge on any atom is -0.463 e. The predicted molar refractivity (Wildman–Crippen MR) is 384 cm³/mol. The molecule has 11 N–H and O–H groups in total. The Morgan fingerprint density at radius 2 is 0.693 bits per heavy atom. The summed E-state index contributed by atoms with van der Waals surface area (Å²) in [5.74, 6) is -1.99. The van der Waals surface area contributed by atoms with E-state index in [1.165, 1.54) is 173 Å². The first-order valence-electron chi connectivity index (χ1n) is 40.0. The van der Waals surface area contributed by atoms with Crippen LogP contribution in [0, 0.1) is 0 Å². The van der Waals surface area contributed by atoms with Crippen LogP contribution in [0.5, 0.6) is 0 Å². The van der Waals surface area contributed by atoms with Gasteiger partial charge in [-0.2, -0.15) is 0 Å². The molecule has 3 aliphatic rings. The van der Waals surface area contributed by atoms with Gasteiger partial charge in [0.25, 0.3) is 0 Å². The molecule has 2 heterocycles. The number of aliphatic hydroxyl groups excluding tert-OH is 10. The van der Waals surface area contributed by atoms with E-state index in [0.717, 1.165) is 83.5 Å². The van der Waals surface area contributed by atoms with Crippen molar-refractivity contribution in [1.29, 1.82) is 0 Å². The van der Waals surface area contributed by atoms with Gasteiger partial charge in [-0.15, -0.1) is 0 Å². The van der Waals surface area contributed by atoms with E-state index in [4.69, 9.17) is 42.2 Å². The molecule has 0 amide bonds. The van der Waals surface area contributed by atoms with Crippen molar-refractivity contribution in [2.24, 2.45) is 0 Å². The Bertz CT molecular complexity index is 2130. The van der Waals surface area contributed by atoms with Crippen LogP contribution in [0.2, 0.25) is 0 Å². The molecule has 3 fully saturated rings. The van der Waals surface area contributed by atoms with Gasteiger partial charge >= 0.3 is 25.7 Å². The Kier molecular flexibility index (Phi) is 53.2. The van der Waals surface area contributed by atoms with Crippen molar-refractivity contribution in [3.8, 4) is 0 Å². The lowest BCUT2D eigenvalue weighted by atomic mass is 9.84. The molecule has 2 aliphatic heterocycles. The minimum absolute atomic E-state index is 0.0325. The molecule has 0 radical (unpaired) electrons. The Labute approximate surface area is 605 Å². The fraction of sp³-hybridized carbons (Fsp3) is 0.934. The highest BCUT2D eigenvalue weighted by molar-refractivity contribution is 7.47. The molecule has 0 aromatic carbocycles. The van der Waals surface area contributed by atoms with Gasteiger partial charge in [0.1, 0.15) is 98.7 Å². The summed E-state index contributed by atoms with van der Waals surface area (Å²) in [7, 11) is -5.70. The van der Waals surface area contributed by atoms with Crippen molar-refractivity contribution in [3.63, 3.8) is 0 Å². The van der Waals surface area contributed by atoms with Crippen LogP contribution in [-0.4, -0.2) is 204 Å². The van der Waals surface area contributed by atoms with Crippen LogP contribution >= 0.6 is 7.82 Å². The van der Waals surface area contributed by atoms with Crippen LogP contribution in [0.15, 0.2) is 12.2 Å². The number of ether oxygens (including phenoxy) is 7. The molecule has 18 atom stereocenters. The van der Waals surface area contributed by atoms with Gasteiger partial charge in [0, 0.05) is 19.3 Å². The second-order valence-electron chi connectivity index (χ2n) is 28.8. The van der Waals surface area contributed by atoms with Crippen molar-refractivity contribution in [3.05, 3.63) is 12.2 Å². The van der Waals surface area contributed by atoms with Crippen LogP contribution in [0.1, 0.15) is 323 Å². The van der Waals surface area contributed by atoms with Gasteiger partial charge in [-0.05, 0) is 44.9 Å². The second kappa shape index (κ2) is 57.8. The number of aliphatic hydroxyl groups is 10. The number of esters is 3. The fourth-order valence-electron chi connectivity index (χ4n) is 13.3. The Morgan fingerprint density at radius 3 is 1.08 bits per heavy atom. The van der Waals surface area contributed by atoms with Crippen molar-refractivity contribution in [2.75, 3.05) is 26.4 Å². The van der Waals surface area contributed by atoms with Gasteiger partial charge < -0.3 is 89.1 Å². The number of allylic oxidation sites excluding steroid dienone is 2. The highest BCUT2D eigenvalue weighted by Crippen LogP contribution is 2.49. The third kappa shape index (κ3) is 40.5. The largest absolute Gasteiger partial charge is 0.472 e. The zero-order chi connectivity index (χ0) is 73.9. The third-order valence-corrected chi connectivity index (χ3v) is 20.8. The van der Waals surface area contributed by atoms with Gasteiger partial charge in [-0.1, -0.05) is 270 Å². The minimum atomic E-state index is -5.70. The zero-order valence-corrected chi connectivity index (χ0v) is 63.1. The van der Waals surface area contributed by atoms with Crippen molar-refractivity contribution >= 4 is 25.7 Å². The number of rotatable bonds is 63. The van der Waals surface area contributed by atoms with E-state index < -0.39 is 156 Å². The number of hydrogen-bond acceptors (Lipinski definition) is 23. The maximum absolute atomic E-state index is 14.4. The summed E-state index contributed by atoms with van der Waals surface area (Å²) in [4.78, 5) is 51.1. The fourth-order valence-corrected chi connectivity index (χ4v) is 14.2. The van der Waals surface area contributed by atoms with Gasteiger partial charge in [0.2, 0.25) is 0 Å². The van der Waals surface area contributed by atoms with Gasteiger partial charge in [0.15, 0.2) is 18.7 Å². The van der Waals surface area contributed by atoms with Crippen LogP contribution < -0.4 is 0 Å². The second-order valence-corrected chi connectivity index (χ2v) is 30.2. The average Bonchev–Trinajstić information content (AvgIpc) is 0.759. The molecule has 2 saturated heterocycles. The average molecular weight is 1470 g/mol. The summed E-state index contributed by atoms with van der Waals surface area (Å²) in [6.07, 6.45) is 18.3. The molecule has 0 bridgehead atoms. The highest BCUT2D eigenvalue weighted by atomic mass is 31.2. The van der Waals surface area contributed by atoms with E-state index in [0.29, 0.717) is 25.7 Å². The summed E-state index contributed by atoms with van der Waals surface area (Å²) in [5.41, 5.74) is 0. The first-order chi connectivity index (χ1) is 48.8. The highest BCUT2D eigenvalue weighted by Gasteiger charge is 2.58. The molecule has 25 heteroatoms. The molecule has 0 spiro atoms. The maximum atomic E-state index is 14.4. The SMILES string of the molecule is CCCCCCCC/C=C\CCCCCC(=O)OC(COC(=O)CCCCCCCCCCCCCCCCCC)COP(=O)(O)OC1C(OC2OC(CO)C(O)C(O)C2O)C(O)C(O)C(O)C1OC1OC(COC(=O)CCCCCCCCCCCCCCCCCCC)C(O)C(O)C1O. The quantitative estimate of drug-likeness (QED) is 0.00886. The van der Waals surface area contributed by atoms with Crippen LogP contribution in [-0.2, 0) is 61.2 Å². The smallest absolute Gasteiger partial charge is 0.463 e. The third-order valence-electron chi connectivity index (χ3n) is 19.8. The molecule has 0 aromatic rings. The molecule has 594 valence electrons. The molecule has 1 saturated carbocycles. The Hall–Kier alpha value is -2.30. The topological polar surface area (TPSA) is 374 Å². The summed E-state index contributed by atoms with van der Waals surface area (Å²) < 4.78 is 65.1. The van der Waals surface area contributed by atoms with Crippen LogP contribution in [0.3, 0.4) is 0 Å². The summed E-state index contributed by atoms with van der Waals surface area (Å²) in [6.45, 7) is 3.47. The van der Waals surface area contributed by atoms with E-state index in [9.17, 15) is 74.9 Å². The molecule has 18 unspecified atom stereocenters. The standard InChI is InChI=1S/C76H141O24P/c1-4-7-10-13-16-19-22-25-27-29-31-34-36-39-42-45-48-51-61(79)93-56-59-64(82)66(84)71(89)76(97-59)99-73-69(87)67(85)68(86)72(98-75-70(88)65(83)63(81)58(53-77)96-75)74(73)100-101(90,91)94-55-57(95-62(80)52-49-46-43-40-37-32-24-21-18-15-12-9-6-3)54-92-60(78)50-47-44-41-38-35-33-30-28-26-23-20-17-14-11-8-5-2/h32,37,57-59,63-77,81-89H,4-31,33-36,38-56H2,1-3H3,(H,90,91)/b37-32-. The molecule has 3 rings (SSSR count). The molecule has 1 aliphatic carbocycles. The van der Waals surface area contributed by atoms with Crippen LogP contribution in [0.25, 0.3) is 0 Å². The lowest BCUT2D eigenvalue weighted by Crippen LogP contribution is -2.69. The van der Waals surface area contributed by atoms with Gasteiger partial charge in [-0.25, -0.2) is 4.57 Å². The molecular weight excluding hydrogens is 1330 g/mol. The molecular formula is C76H141O24P. The van der Waals surface area contributed by atoms with Gasteiger partial charge in [-0.3, -0.25) is 23.4 Å². The zero-order valence-electron chi connectivity index (χ0n) is 62.2.